The van der Waals surface area contributed by atoms with Crippen LogP contribution in [0.15, 0.2) is 18.5 Å². The number of carbonyl (C=O) groups is 2. The number of rotatable bonds is 4. The van der Waals surface area contributed by atoms with Gasteiger partial charge in [0.2, 0.25) is 11.8 Å². The van der Waals surface area contributed by atoms with E-state index >= 15 is 0 Å². The second kappa shape index (κ2) is 6.80. The molecule has 2 amide bonds. The molecule has 32 heavy (non-hydrogen) atoms. The van der Waals surface area contributed by atoms with Crippen molar-refractivity contribution in [3.63, 3.8) is 0 Å². The van der Waals surface area contributed by atoms with Gasteiger partial charge in [0.15, 0.2) is 0 Å². The molecule has 8 aliphatic carbocycles. The maximum absolute atomic E-state index is 13.6. The third-order valence-electron chi connectivity index (χ3n) is 10.4. The number of amides is 2. The summed E-state index contributed by atoms with van der Waals surface area (Å²) >= 11 is 0. The molecule has 9 rings (SSSR count). The predicted molar refractivity (Wildman–Crippen MR) is 123 cm³/mol. The van der Waals surface area contributed by atoms with Gasteiger partial charge >= 0.3 is 0 Å². The first kappa shape index (κ1) is 19.5. The fourth-order valence-electron chi connectivity index (χ4n) is 9.89. The zero-order chi connectivity index (χ0) is 21.5. The largest absolute Gasteiger partial charge is 0.324 e. The lowest BCUT2D eigenvalue weighted by Crippen LogP contribution is -2.52. The molecule has 0 saturated heterocycles. The van der Waals surface area contributed by atoms with Crippen LogP contribution in [0.5, 0.6) is 0 Å². The molecule has 8 saturated carbocycles. The lowest BCUT2D eigenvalue weighted by Gasteiger charge is -2.55. The summed E-state index contributed by atoms with van der Waals surface area (Å²) in [5.74, 6) is 4.74. The topological polar surface area (TPSA) is 71.1 Å². The number of aromatic nitrogens is 1. The van der Waals surface area contributed by atoms with Gasteiger partial charge in [0.1, 0.15) is 0 Å². The average Bonchev–Trinajstić information content (AvgIpc) is 2.73. The molecule has 0 radical (unpaired) electrons. The Morgan fingerprint density at radius 1 is 0.656 bits per heavy atom. The van der Waals surface area contributed by atoms with Crippen LogP contribution in [0.2, 0.25) is 0 Å². The number of hydrogen-bond acceptors (Lipinski definition) is 3. The Morgan fingerprint density at radius 2 is 1.03 bits per heavy atom. The highest BCUT2D eigenvalue weighted by atomic mass is 16.2. The Bertz CT molecular complexity index is 822. The Hall–Kier alpha value is -1.91. The van der Waals surface area contributed by atoms with Crippen molar-refractivity contribution in [2.24, 2.45) is 46.3 Å². The maximum atomic E-state index is 13.6. The van der Waals surface area contributed by atoms with Crippen molar-refractivity contribution >= 4 is 23.2 Å². The number of hydrogen-bond donors (Lipinski definition) is 2. The fraction of sp³-hybridized carbons (Fsp3) is 0.741. The Kier molecular flexibility index (Phi) is 4.16. The molecule has 0 aromatic carbocycles. The van der Waals surface area contributed by atoms with E-state index in [0.29, 0.717) is 5.69 Å². The van der Waals surface area contributed by atoms with Crippen molar-refractivity contribution in [1.29, 1.82) is 0 Å². The van der Waals surface area contributed by atoms with Crippen molar-refractivity contribution in [3.05, 3.63) is 18.5 Å². The minimum absolute atomic E-state index is 0.162. The average molecular weight is 434 g/mol. The van der Waals surface area contributed by atoms with Gasteiger partial charge < -0.3 is 10.6 Å². The van der Waals surface area contributed by atoms with Crippen LogP contribution >= 0.6 is 0 Å². The van der Waals surface area contributed by atoms with Gasteiger partial charge in [-0.2, -0.15) is 0 Å². The normalized spacial score (nSPS) is 45.1. The number of nitrogens with one attached hydrogen (secondary N) is 2. The Balaban J connectivity index is 1.11. The molecule has 1 aromatic rings. The Labute approximate surface area is 190 Å². The SMILES string of the molecule is O=C(Nc1ccncc1NC(=O)C12CC3CC(CC(C3)C1)C2)C12CC3CC(CC(C3)C1)C2. The number of anilines is 2. The monoisotopic (exact) mass is 433 g/mol. The van der Waals surface area contributed by atoms with Gasteiger partial charge in [-0.1, -0.05) is 0 Å². The van der Waals surface area contributed by atoms with E-state index in [0.717, 1.165) is 79.7 Å². The van der Waals surface area contributed by atoms with E-state index in [1.165, 1.54) is 38.5 Å². The molecule has 0 spiro atoms. The van der Waals surface area contributed by atoms with E-state index in [2.05, 4.69) is 15.6 Å². The van der Waals surface area contributed by atoms with E-state index < -0.39 is 0 Å². The number of carbonyl (C=O) groups excluding carboxylic acids is 2. The molecule has 1 heterocycles. The molecule has 5 nitrogen and oxygen atoms in total. The van der Waals surface area contributed by atoms with Gasteiger partial charge in [-0.3, -0.25) is 14.6 Å². The summed E-state index contributed by atoms with van der Waals surface area (Å²) in [4.78, 5) is 31.4. The molecule has 2 N–H and O–H groups in total. The third-order valence-corrected chi connectivity index (χ3v) is 10.4. The van der Waals surface area contributed by atoms with Crippen LogP contribution in [0.3, 0.4) is 0 Å². The zero-order valence-electron chi connectivity index (χ0n) is 18.9. The smallest absolute Gasteiger partial charge is 0.230 e. The second-order valence-electron chi connectivity index (χ2n) is 12.7. The molecule has 0 unspecified atom stereocenters. The van der Waals surface area contributed by atoms with Gasteiger partial charge in [-0.25, -0.2) is 0 Å². The fourth-order valence-corrected chi connectivity index (χ4v) is 9.89. The van der Waals surface area contributed by atoms with Crippen LogP contribution in [0, 0.1) is 46.3 Å². The maximum Gasteiger partial charge on any atom is 0.230 e. The molecule has 5 heteroatoms. The molecule has 0 atom stereocenters. The molecule has 8 fully saturated rings. The summed E-state index contributed by atoms with van der Waals surface area (Å²) in [6, 6.07) is 1.85. The third kappa shape index (κ3) is 2.99. The summed E-state index contributed by atoms with van der Waals surface area (Å²) in [7, 11) is 0. The van der Waals surface area contributed by atoms with Crippen molar-refractivity contribution < 1.29 is 9.59 Å². The number of nitrogens with zero attached hydrogens (tertiary/aromatic N) is 1. The van der Waals surface area contributed by atoms with Crippen molar-refractivity contribution in [2.75, 3.05) is 10.6 Å². The first-order chi connectivity index (χ1) is 15.5. The van der Waals surface area contributed by atoms with E-state index in [1.807, 2.05) is 6.07 Å². The number of pyridine rings is 1. The minimum atomic E-state index is -0.203. The van der Waals surface area contributed by atoms with Gasteiger partial charge in [0.25, 0.3) is 0 Å². The lowest BCUT2D eigenvalue weighted by atomic mass is 9.49. The van der Waals surface area contributed by atoms with E-state index in [1.54, 1.807) is 12.4 Å². The molecule has 0 aliphatic heterocycles. The Morgan fingerprint density at radius 3 is 1.44 bits per heavy atom. The van der Waals surface area contributed by atoms with Crippen molar-refractivity contribution in [1.82, 2.24) is 4.98 Å². The molecule has 8 bridgehead atoms. The molecular weight excluding hydrogens is 398 g/mol. The molecule has 8 aliphatic rings. The molecular formula is C27H35N3O2. The summed E-state index contributed by atoms with van der Waals surface area (Å²) < 4.78 is 0. The zero-order valence-corrected chi connectivity index (χ0v) is 18.9. The van der Waals surface area contributed by atoms with Gasteiger partial charge in [0, 0.05) is 6.20 Å². The van der Waals surface area contributed by atoms with Crippen LogP contribution in [0.4, 0.5) is 11.4 Å². The van der Waals surface area contributed by atoms with Gasteiger partial charge in [-0.05, 0) is 119 Å². The van der Waals surface area contributed by atoms with E-state index in [9.17, 15) is 9.59 Å². The quantitative estimate of drug-likeness (QED) is 0.669. The van der Waals surface area contributed by atoms with Crippen LogP contribution in [0.25, 0.3) is 0 Å². The first-order valence-electron chi connectivity index (χ1n) is 13.1. The summed E-state index contributed by atoms with van der Waals surface area (Å²) in [6.07, 6.45) is 17.7. The minimum Gasteiger partial charge on any atom is -0.324 e. The van der Waals surface area contributed by atoms with Gasteiger partial charge in [-0.15, -0.1) is 0 Å². The summed E-state index contributed by atoms with van der Waals surface area (Å²) in [6.45, 7) is 0. The molecule has 1 aromatic heterocycles. The highest BCUT2D eigenvalue weighted by Crippen LogP contribution is 2.61. The van der Waals surface area contributed by atoms with E-state index in [-0.39, 0.29) is 22.6 Å². The highest BCUT2D eigenvalue weighted by Gasteiger charge is 2.56. The second-order valence-corrected chi connectivity index (χ2v) is 12.7. The predicted octanol–water partition coefficient (Wildman–Crippen LogP) is 5.39. The van der Waals surface area contributed by atoms with Crippen LogP contribution in [0.1, 0.15) is 77.0 Å². The van der Waals surface area contributed by atoms with Crippen molar-refractivity contribution in [3.8, 4) is 0 Å². The van der Waals surface area contributed by atoms with Crippen LogP contribution in [-0.4, -0.2) is 16.8 Å². The van der Waals surface area contributed by atoms with E-state index in [4.69, 9.17) is 0 Å². The molecule has 170 valence electrons. The van der Waals surface area contributed by atoms with Gasteiger partial charge in [0.05, 0.1) is 28.4 Å². The van der Waals surface area contributed by atoms with Crippen LogP contribution < -0.4 is 10.6 Å². The summed E-state index contributed by atoms with van der Waals surface area (Å²) in [5.41, 5.74) is 0.996. The standard InChI is InChI=1S/C27H35N3O2/c31-24(26-9-16-3-17(10-26)5-18(4-16)11-26)29-22-1-2-28-15-23(22)30-25(32)27-12-19-6-20(13-27)8-21(7-19)14-27/h1-2,15-21H,3-14H2,(H,30,32)(H,28,29,31). The first-order valence-corrected chi connectivity index (χ1v) is 13.1. The highest BCUT2D eigenvalue weighted by molar-refractivity contribution is 6.03. The van der Waals surface area contributed by atoms with Crippen molar-refractivity contribution in [2.45, 2.75) is 77.0 Å². The lowest BCUT2D eigenvalue weighted by molar-refractivity contribution is -0.141. The van der Waals surface area contributed by atoms with Crippen LogP contribution in [-0.2, 0) is 9.59 Å². The summed E-state index contributed by atoms with van der Waals surface area (Å²) in [5, 5.41) is 6.48.